The first-order valence-corrected chi connectivity index (χ1v) is 8.00. The summed E-state index contributed by atoms with van der Waals surface area (Å²) in [6.07, 6.45) is 1.83. The summed E-state index contributed by atoms with van der Waals surface area (Å²) in [5.41, 5.74) is 5.63. The van der Waals surface area contributed by atoms with Gasteiger partial charge in [0.2, 0.25) is 0 Å². The van der Waals surface area contributed by atoms with Crippen molar-refractivity contribution in [2.45, 2.75) is 6.54 Å². The first-order chi connectivity index (χ1) is 12.1. The number of benzene rings is 2. The standard InChI is InChI=1S/C18H16ClN3O3/c19-14-6-2-4-8-16(14)25-12-18(24)21-20-17(23)11-22-10-9-13-5-1-3-7-15(13)22/h1-10H,11-12H2,(H,20,23)(H,21,24). The van der Waals surface area contributed by atoms with E-state index in [9.17, 15) is 9.59 Å². The van der Waals surface area contributed by atoms with E-state index in [2.05, 4.69) is 10.9 Å². The highest BCUT2D eigenvalue weighted by atomic mass is 35.5. The van der Waals surface area contributed by atoms with E-state index in [1.54, 1.807) is 28.8 Å². The molecule has 0 aliphatic rings. The number of amides is 2. The summed E-state index contributed by atoms with van der Waals surface area (Å²) in [5, 5.41) is 1.46. The topological polar surface area (TPSA) is 72.4 Å². The fourth-order valence-corrected chi connectivity index (χ4v) is 2.54. The number of aromatic nitrogens is 1. The van der Waals surface area contributed by atoms with Gasteiger partial charge in [-0.05, 0) is 29.7 Å². The molecule has 0 aliphatic heterocycles. The summed E-state index contributed by atoms with van der Waals surface area (Å²) in [5.74, 6) is -0.414. The highest BCUT2D eigenvalue weighted by Gasteiger charge is 2.09. The highest BCUT2D eigenvalue weighted by molar-refractivity contribution is 6.32. The van der Waals surface area contributed by atoms with Crippen molar-refractivity contribution in [2.24, 2.45) is 0 Å². The first-order valence-electron chi connectivity index (χ1n) is 7.62. The number of carbonyl (C=O) groups is 2. The Morgan fingerprint density at radius 2 is 1.68 bits per heavy atom. The van der Waals surface area contributed by atoms with Crippen molar-refractivity contribution in [1.29, 1.82) is 0 Å². The van der Waals surface area contributed by atoms with Gasteiger partial charge in [0.15, 0.2) is 6.61 Å². The molecule has 0 unspecified atom stereocenters. The molecule has 6 nitrogen and oxygen atoms in total. The molecular weight excluding hydrogens is 342 g/mol. The van der Waals surface area contributed by atoms with Crippen LogP contribution in [0.2, 0.25) is 5.02 Å². The minimum Gasteiger partial charge on any atom is -0.482 e. The molecule has 0 saturated heterocycles. The van der Waals surface area contributed by atoms with Crippen LogP contribution in [0, 0.1) is 0 Å². The molecule has 1 heterocycles. The van der Waals surface area contributed by atoms with Crippen molar-refractivity contribution in [3.05, 3.63) is 65.8 Å². The molecule has 3 aromatic rings. The second-order valence-electron chi connectivity index (χ2n) is 5.32. The Kier molecular flexibility index (Phi) is 5.20. The fourth-order valence-electron chi connectivity index (χ4n) is 2.35. The molecule has 0 bridgehead atoms. The molecule has 25 heavy (non-hydrogen) atoms. The van der Waals surface area contributed by atoms with Crippen molar-refractivity contribution in [2.75, 3.05) is 6.61 Å². The van der Waals surface area contributed by atoms with Crippen molar-refractivity contribution < 1.29 is 14.3 Å². The van der Waals surface area contributed by atoms with Gasteiger partial charge in [-0.25, -0.2) is 0 Å². The average Bonchev–Trinajstić information content (AvgIpc) is 3.02. The molecule has 0 radical (unpaired) electrons. The predicted octanol–water partition coefficient (Wildman–Crippen LogP) is 2.52. The Balaban J connectivity index is 1.47. The first kappa shape index (κ1) is 16.9. The van der Waals surface area contributed by atoms with Gasteiger partial charge in [0.25, 0.3) is 11.8 Å². The van der Waals surface area contributed by atoms with E-state index in [0.717, 1.165) is 10.9 Å². The lowest BCUT2D eigenvalue weighted by Gasteiger charge is -2.10. The summed E-state index contributed by atoms with van der Waals surface area (Å²) in [7, 11) is 0. The second kappa shape index (κ2) is 7.72. The number of ether oxygens (including phenoxy) is 1. The minimum absolute atomic E-state index is 0.0964. The lowest BCUT2D eigenvalue weighted by molar-refractivity contribution is -0.130. The van der Waals surface area contributed by atoms with Gasteiger partial charge in [-0.2, -0.15) is 0 Å². The lowest BCUT2D eigenvalue weighted by Crippen LogP contribution is -2.45. The van der Waals surface area contributed by atoms with Gasteiger partial charge in [-0.15, -0.1) is 0 Å². The Morgan fingerprint density at radius 3 is 2.52 bits per heavy atom. The summed E-state index contributed by atoms with van der Waals surface area (Å²) in [4.78, 5) is 23.7. The molecule has 2 amide bonds. The second-order valence-corrected chi connectivity index (χ2v) is 5.73. The maximum atomic E-state index is 12.0. The van der Waals surface area contributed by atoms with Gasteiger partial charge in [-0.1, -0.05) is 41.9 Å². The van der Waals surface area contributed by atoms with E-state index >= 15 is 0 Å². The zero-order valence-corrected chi connectivity index (χ0v) is 14.0. The molecule has 7 heteroatoms. The van der Waals surface area contributed by atoms with Crippen molar-refractivity contribution in [1.82, 2.24) is 15.4 Å². The van der Waals surface area contributed by atoms with Crippen molar-refractivity contribution in [3.63, 3.8) is 0 Å². The minimum atomic E-state index is -0.481. The summed E-state index contributed by atoms with van der Waals surface area (Å²) in [6, 6.07) is 16.5. The van der Waals surface area contributed by atoms with Crippen LogP contribution in [-0.4, -0.2) is 23.0 Å². The monoisotopic (exact) mass is 357 g/mol. The summed E-state index contributed by atoms with van der Waals surface area (Å²) >= 11 is 5.93. The van der Waals surface area contributed by atoms with E-state index in [4.69, 9.17) is 16.3 Å². The Bertz CT molecular complexity index is 907. The predicted molar refractivity (Wildman–Crippen MR) is 95.2 cm³/mol. The lowest BCUT2D eigenvalue weighted by atomic mass is 10.2. The summed E-state index contributed by atoms with van der Waals surface area (Å²) in [6.45, 7) is -0.157. The van der Waals surface area contributed by atoms with E-state index in [1.165, 1.54) is 0 Å². The number of carbonyl (C=O) groups excluding carboxylic acids is 2. The molecule has 128 valence electrons. The Hall–Kier alpha value is -2.99. The van der Waals surface area contributed by atoms with Gasteiger partial charge in [-0.3, -0.25) is 20.4 Å². The van der Waals surface area contributed by atoms with Crippen LogP contribution in [-0.2, 0) is 16.1 Å². The SMILES string of the molecule is O=C(COc1ccccc1Cl)NNC(=O)Cn1ccc2ccccc21. The van der Waals surface area contributed by atoms with Crippen LogP contribution >= 0.6 is 11.6 Å². The van der Waals surface area contributed by atoms with E-state index in [0.29, 0.717) is 10.8 Å². The number of fused-ring (bicyclic) bond motifs is 1. The number of halogens is 1. The number of hydrogen-bond donors (Lipinski definition) is 2. The average molecular weight is 358 g/mol. The third-order valence-electron chi connectivity index (χ3n) is 3.53. The fraction of sp³-hybridized carbons (Fsp3) is 0.111. The number of rotatable bonds is 5. The Labute approximate surface area is 149 Å². The smallest absolute Gasteiger partial charge is 0.276 e. The van der Waals surface area contributed by atoms with Gasteiger partial charge in [0, 0.05) is 11.7 Å². The molecule has 2 N–H and O–H groups in total. The van der Waals surface area contributed by atoms with E-state index in [1.807, 2.05) is 36.5 Å². The zero-order chi connectivity index (χ0) is 17.6. The maximum absolute atomic E-state index is 12.0. The number of nitrogens with zero attached hydrogens (tertiary/aromatic N) is 1. The molecule has 2 aromatic carbocycles. The van der Waals surface area contributed by atoms with Crippen LogP contribution in [0.4, 0.5) is 0 Å². The molecule has 0 fully saturated rings. The van der Waals surface area contributed by atoms with Gasteiger partial charge in [0.05, 0.1) is 5.02 Å². The van der Waals surface area contributed by atoms with Crippen LogP contribution < -0.4 is 15.6 Å². The molecule has 1 aromatic heterocycles. The van der Waals surface area contributed by atoms with Gasteiger partial charge < -0.3 is 9.30 Å². The van der Waals surface area contributed by atoms with Crippen LogP contribution in [0.5, 0.6) is 5.75 Å². The third kappa shape index (κ3) is 4.30. The summed E-state index contributed by atoms with van der Waals surface area (Å²) < 4.78 is 7.10. The largest absolute Gasteiger partial charge is 0.482 e. The quantitative estimate of drug-likeness (QED) is 0.689. The third-order valence-corrected chi connectivity index (χ3v) is 3.84. The van der Waals surface area contributed by atoms with E-state index in [-0.39, 0.29) is 19.1 Å². The Morgan fingerprint density at radius 1 is 0.960 bits per heavy atom. The van der Waals surface area contributed by atoms with Crippen molar-refractivity contribution in [3.8, 4) is 5.75 Å². The molecule has 0 atom stereocenters. The number of hydrazine groups is 1. The number of nitrogens with one attached hydrogen (secondary N) is 2. The van der Waals surface area contributed by atoms with Gasteiger partial charge in [0.1, 0.15) is 12.3 Å². The normalized spacial score (nSPS) is 10.4. The van der Waals surface area contributed by atoms with Crippen LogP contribution in [0.15, 0.2) is 60.8 Å². The molecule has 0 saturated carbocycles. The van der Waals surface area contributed by atoms with Crippen molar-refractivity contribution >= 4 is 34.3 Å². The van der Waals surface area contributed by atoms with Gasteiger partial charge >= 0.3 is 0 Å². The van der Waals surface area contributed by atoms with Crippen LogP contribution in [0.3, 0.4) is 0 Å². The molecule has 0 spiro atoms. The van der Waals surface area contributed by atoms with E-state index < -0.39 is 5.91 Å². The highest BCUT2D eigenvalue weighted by Crippen LogP contribution is 2.22. The molecule has 3 rings (SSSR count). The zero-order valence-electron chi connectivity index (χ0n) is 13.2. The number of hydrogen-bond acceptors (Lipinski definition) is 3. The number of para-hydroxylation sites is 2. The van der Waals surface area contributed by atoms with Crippen LogP contribution in [0.25, 0.3) is 10.9 Å². The molecular formula is C18H16ClN3O3. The van der Waals surface area contributed by atoms with Crippen LogP contribution in [0.1, 0.15) is 0 Å². The molecule has 0 aliphatic carbocycles. The maximum Gasteiger partial charge on any atom is 0.276 e.